The fourth-order valence-corrected chi connectivity index (χ4v) is 3.85. The number of anilines is 1. The second-order valence-corrected chi connectivity index (χ2v) is 7.14. The molecular weight excluding hydrogens is 392 g/mol. The molecule has 0 saturated heterocycles. The number of hydrogen-bond donors (Lipinski definition) is 3. The number of nitrogens with zero attached hydrogens (tertiary/aromatic N) is 2. The molecule has 10 heteroatoms. The van der Waals surface area contributed by atoms with Crippen molar-refractivity contribution in [2.75, 3.05) is 33.0 Å². The molecule has 30 heavy (non-hydrogen) atoms. The normalized spacial score (nSPS) is 16.2. The lowest BCUT2D eigenvalue weighted by Crippen LogP contribution is -2.41. The van der Waals surface area contributed by atoms with E-state index in [4.69, 9.17) is 15.2 Å². The maximum Gasteiger partial charge on any atom is 0.329 e. The zero-order valence-electron chi connectivity index (χ0n) is 17.2. The summed E-state index contributed by atoms with van der Waals surface area (Å²) in [6, 6.07) is 3.46. The number of aliphatic hydroxyl groups excluding tert-OH is 1. The van der Waals surface area contributed by atoms with Crippen molar-refractivity contribution in [1.82, 2.24) is 14.5 Å². The predicted octanol–water partition coefficient (Wildman–Crippen LogP) is 0.278. The Bertz CT molecular complexity index is 1070. The Labute approximate surface area is 172 Å². The highest BCUT2D eigenvalue weighted by Crippen LogP contribution is 2.39. The van der Waals surface area contributed by atoms with Crippen molar-refractivity contribution >= 4 is 11.6 Å². The van der Waals surface area contributed by atoms with Gasteiger partial charge in [0.05, 0.1) is 26.9 Å². The van der Waals surface area contributed by atoms with Gasteiger partial charge in [0.2, 0.25) is 0 Å². The fourth-order valence-electron chi connectivity index (χ4n) is 3.85. The van der Waals surface area contributed by atoms with Gasteiger partial charge in [-0.2, -0.15) is 0 Å². The van der Waals surface area contributed by atoms with E-state index < -0.39 is 23.1 Å². The highest BCUT2D eigenvalue weighted by atomic mass is 16.5. The molecule has 0 spiro atoms. The minimum Gasteiger partial charge on any atom is -0.496 e. The van der Waals surface area contributed by atoms with Crippen LogP contribution < -0.4 is 26.5 Å². The first-order valence-electron chi connectivity index (χ1n) is 9.62. The highest BCUT2D eigenvalue weighted by molar-refractivity contribution is 6.01. The average molecular weight is 418 g/mol. The number of ether oxygens (including phenoxy) is 2. The summed E-state index contributed by atoms with van der Waals surface area (Å²) < 4.78 is 11.9. The Kier molecular flexibility index (Phi) is 6.28. The molecule has 4 N–H and O–H groups in total. The van der Waals surface area contributed by atoms with Crippen LogP contribution in [0.25, 0.3) is 0 Å². The van der Waals surface area contributed by atoms with Gasteiger partial charge >= 0.3 is 5.69 Å². The molecule has 0 saturated carbocycles. The second kappa shape index (κ2) is 8.72. The lowest BCUT2D eigenvalue weighted by molar-refractivity contribution is 0.0735. The predicted molar refractivity (Wildman–Crippen MR) is 110 cm³/mol. The number of nitrogens with one attached hydrogen (secondary N) is 1. The number of hydrogen-bond acceptors (Lipinski definition) is 8. The van der Waals surface area contributed by atoms with Gasteiger partial charge in [0.1, 0.15) is 22.9 Å². The molecule has 2 heterocycles. The summed E-state index contributed by atoms with van der Waals surface area (Å²) in [5.41, 5.74) is 5.61. The van der Waals surface area contributed by atoms with Crippen LogP contribution in [0.3, 0.4) is 0 Å². The number of ketones is 1. The zero-order valence-corrected chi connectivity index (χ0v) is 17.2. The van der Waals surface area contributed by atoms with Gasteiger partial charge in [-0.3, -0.25) is 24.0 Å². The number of aromatic amines is 1. The highest BCUT2D eigenvalue weighted by Gasteiger charge is 2.31. The van der Waals surface area contributed by atoms with Crippen LogP contribution in [0, 0.1) is 0 Å². The van der Waals surface area contributed by atoms with E-state index in [1.54, 1.807) is 17.0 Å². The summed E-state index contributed by atoms with van der Waals surface area (Å²) in [7, 11) is 3.04. The van der Waals surface area contributed by atoms with E-state index >= 15 is 0 Å². The number of Topliss-reactive ketones (excluding diaryl/α,β-unsaturated/α-hetero) is 1. The third-order valence-corrected chi connectivity index (χ3v) is 5.19. The van der Waals surface area contributed by atoms with Gasteiger partial charge < -0.3 is 20.3 Å². The summed E-state index contributed by atoms with van der Waals surface area (Å²) >= 11 is 0. The Morgan fingerprint density at radius 3 is 2.57 bits per heavy atom. The lowest BCUT2D eigenvalue weighted by Gasteiger charge is -2.33. The number of carbonyl (C=O) groups excluding carboxylic acids is 1. The van der Waals surface area contributed by atoms with Gasteiger partial charge in [-0.15, -0.1) is 0 Å². The van der Waals surface area contributed by atoms with Crippen molar-refractivity contribution in [1.29, 1.82) is 0 Å². The monoisotopic (exact) mass is 418 g/mol. The second-order valence-electron chi connectivity index (χ2n) is 7.14. The van der Waals surface area contributed by atoms with E-state index in [-0.39, 0.29) is 31.0 Å². The number of benzene rings is 1. The number of nitrogen functional groups attached to an aromatic ring is 1. The number of β-amino-alcohol motifs (C(OH)–C–C–N with tert-alkyl or cyclic N) is 1. The molecule has 0 amide bonds. The first kappa shape index (κ1) is 21.6. The molecule has 1 unspecified atom stereocenters. The molecule has 162 valence electrons. The van der Waals surface area contributed by atoms with Crippen LogP contribution in [-0.4, -0.2) is 52.6 Å². The van der Waals surface area contributed by atoms with Crippen molar-refractivity contribution in [3.63, 3.8) is 0 Å². The third-order valence-electron chi connectivity index (χ3n) is 5.19. The number of aliphatic hydroxyl groups is 1. The average Bonchev–Trinajstić information content (AvgIpc) is 2.70. The number of nitrogens with two attached hydrogens (primary N) is 1. The largest absolute Gasteiger partial charge is 0.496 e. The molecule has 1 aromatic carbocycles. The van der Waals surface area contributed by atoms with Crippen molar-refractivity contribution in [2.24, 2.45) is 0 Å². The molecule has 0 aliphatic carbocycles. The molecule has 1 aliphatic heterocycles. The zero-order chi connectivity index (χ0) is 22.0. The Hall–Kier alpha value is -3.11. The topological polar surface area (TPSA) is 140 Å². The van der Waals surface area contributed by atoms with E-state index in [9.17, 15) is 19.5 Å². The third kappa shape index (κ3) is 3.83. The number of H-pyrrole nitrogens is 1. The number of aromatic nitrogens is 2. The summed E-state index contributed by atoms with van der Waals surface area (Å²) in [5, 5.41) is 10.7. The molecule has 1 aliphatic rings. The van der Waals surface area contributed by atoms with Gasteiger partial charge in [-0.05, 0) is 18.6 Å². The summed E-state index contributed by atoms with van der Waals surface area (Å²) in [5.74, 6) is 0.427. The lowest BCUT2D eigenvalue weighted by atomic mass is 9.95. The quantitative estimate of drug-likeness (QED) is 0.545. The van der Waals surface area contributed by atoms with Crippen molar-refractivity contribution < 1.29 is 19.4 Å². The van der Waals surface area contributed by atoms with Gasteiger partial charge in [-0.1, -0.05) is 6.92 Å². The molecule has 1 atom stereocenters. The number of rotatable bonds is 7. The van der Waals surface area contributed by atoms with E-state index in [0.29, 0.717) is 35.6 Å². The van der Waals surface area contributed by atoms with Crippen LogP contribution in [0.4, 0.5) is 5.82 Å². The van der Waals surface area contributed by atoms with Crippen molar-refractivity contribution in [3.05, 3.63) is 49.7 Å². The maximum atomic E-state index is 12.9. The number of carbonyl (C=O) groups is 1. The van der Waals surface area contributed by atoms with Crippen molar-refractivity contribution in [2.45, 2.75) is 32.5 Å². The summed E-state index contributed by atoms with van der Waals surface area (Å²) in [6.07, 6.45) is -0.295. The van der Waals surface area contributed by atoms with Crippen LogP contribution in [0.15, 0.2) is 21.7 Å². The Balaban J connectivity index is 1.93. The number of fused-ring (bicyclic) bond motifs is 1. The molecule has 0 radical (unpaired) electrons. The molecule has 0 bridgehead atoms. The fraction of sp³-hybridized carbons (Fsp3) is 0.450. The summed E-state index contributed by atoms with van der Waals surface area (Å²) in [6.45, 7) is 2.45. The molecule has 0 fully saturated rings. The van der Waals surface area contributed by atoms with E-state index in [0.717, 1.165) is 0 Å². The van der Waals surface area contributed by atoms with E-state index in [1.807, 2.05) is 6.92 Å². The Morgan fingerprint density at radius 1 is 1.27 bits per heavy atom. The number of methoxy groups -OCH3 is 2. The summed E-state index contributed by atoms with van der Waals surface area (Å²) in [4.78, 5) is 41.0. The molecule has 3 rings (SSSR count). The first-order valence-corrected chi connectivity index (χ1v) is 9.62. The van der Waals surface area contributed by atoms with Gasteiger partial charge in [0, 0.05) is 30.8 Å². The SMILES string of the molecule is CCCn1c(N)c(C(=O)CN2Cc3c(OC)ccc(OC)c3C(O)C2)c(=O)[nH]c1=O. The van der Waals surface area contributed by atoms with Gasteiger partial charge in [-0.25, -0.2) is 4.79 Å². The Morgan fingerprint density at radius 2 is 1.93 bits per heavy atom. The maximum absolute atomic E-state index is 12.9. The van der Waals surface area contributed by atoms with Crippen LogP contribution in [0.2, 0.25) is 0 Å². The minimum atomic E-state index is -0.906. The van der Waals surface area contributed by atoms with Crippen LogP contribution in [0.5, 0.6) is 11.5 Å². The minimum absolute atomic E-state index is 0.146. The molecular formula is C20H26N4O6. The van der Waals surface area contributed by atoms with Crippen LogP contribution in [0.1, 0.15) is 40.9 Å². The van der Waals surface area contributed by atoms with Crippen LogP contribution in [-0.2, 0) is 13.1 Å². The van der Waals surface area contributed by atoms with Crippen molar-refractivity contribution in [3.8, 4) is 11.5 Å². The van der Waals surface area contributed by atoms with Crippen LogP contribution >= 0.6 is 0 Å². The van der Waals surface area contributed by atoms with Gasteiger partial charge in [0.25, 0.3) is 5.56 Å². The molecule has 2 aromatic rings. The standard InChI is InChI=1S/C20H26N4O6/c1-4-7-24-18(21)17(19(27)22-20(24)28)13(26)10-23-8-11-14(29-2)5-6-15(30-3)16(11)12(25)9-23/h5-6,12,25H,4,7-10,21H2,1-3H3,(H,22,27,28). The van der Waals surface area contributed by atoms with Gasteiger partial charge in [0.15, 0.2) is 5.78 Å². The first-order chi connectivity index (χ1) is 14.3. The van der Waals surface area contributed by atoms with E-state index in [2.05, 4.69) is 4.98 Å². The molecule has 1 aromatic heterocycles. The molecule has 10 nitrogen and oxygen atoms in total. The van der Waals surface area contributed by atoms with E-state index in [1.165, 1.54) is 18.8 Å². The smallest absolute Gasteiger partial charge is 0.329 e.